The van der Waals surface area contributed by atoms with E-state index >= 15 is 0 Å². The van der Waals surface area contributed by atoms with Gasteiger partial charge < -0.3 is 20.3 Å². The molecule has 1 aliphatic rings. The fourth-order valence-electron chi connectivity index (χ4n) is 3.57. The lowest BCUT2D eigenvalue weighted by Crippen LogP contribution is -3.14. The Hall–Kier alpha value is -1.93. The molecule has 0 saturated heterocycles. The molecule has 1 heterocycles. The van der Waals surface area contributed by atoms with Crippen LogP contribution in [0.4, 0.5) is 5.00 Å². The summed E-state index contributed by atoms with van der Waals surface area (Å²) in [5.74, 6) is -0.0704. The smallest absolute Gasteiger partial charge is 0.341 e. The summed E-state index contributed by atoms with van der Waals surface area (Å²) in [6.45, 7) is 11.1. The number of amides is 2. The minimum Gasteiger partial charge on any atom is -0.462 e. The Morgan fingerprint density at radius 3 is 2.52 bits per heavy atom. The lowest BCUT2D eigenvalue weighted by atomic mass is 9.88. The molecule has 2 amide bonds. The summed E-state index contributed by atoms with van der Waals surface area (Å²) in [5, 5.41) is 6.36. The molecule has 0 aliphatic heterocycles. The number of fused-ring (bicyclic) bond motifs is 1. The third-order valence-corrected chi connectivity index (χ3v) is 6.18. The Bertz CT molecular complexity index is 745. The first-order chi connectivity index (χ1) is 13.7. The minimum atomic E-state index is -0.370. The molecule has 0 bridgehead atoms. The van der Waals surface area contributed by atoms with Gasteiger partial charge >= 0.3 is 5.97 Å². The summed E-state index contributed by atoms with van der Waals surface area (Å²) < 4.78 is 5.25. The summed E-state index contributed by atoms with van der Waals surface area (Å²) in [6, 6.07) is 0.0707. The van der Waals surface area contributed by atoms with Crippen molar-refractivity contribution < 1.29 is 24.0 Å². The van der Waals surface area contributed by atoms with E-state index in [1.165, 1.54) is 11.3 Å². The molecule has 0 radical (unpaired) electrons. The molecular formula is C21H34N3O4S+. The van der Waals surface area contributed by atoms with Crippen molar-refractivity contribution in [2.45, 2.75) is 59.9 Å². The molecule has 0 fully saturated rings. The summed E-state index contributed by atoms with van der Waals surface area (Å²) in [6.07, 6.45) is 2.78. The van der Waals surface area contributed by atoms with E-state index < -0.39 is 0 Å². The molecule has 8 heteroatoms. The van der Waals surface area contributed by atoms with Crippen LogP contribution in [-0.4, -0.2) is 50.1 Å². The average Bonchev–Trinajstić information content (AvgIpc) is 2.97. The normalized spacial score (nSPS) is 16.8. The molecule has 0 aromatic carbocycles. The Labute approximate surface area is 177 Å². The van der Waals surface area contributed by atoms with Crippen molar-refractivity contribution in [3.63, 3.8) is 0 Å². The second kappa shape index (κ2) is 10.7. The van der Waals surface area contributed by atoms with Gasteiger partial charge in [-0.1, -0.05) is 6.92 Å². The van der Waals surface area contributed by atoms with E-state index in [0.717, 1.165) is 34.6 Å². The van der Waals surface area contributed by atoms with Crippen LogP contribution < -0.4 is 15.5 Å². The number of carbonyl (C=O) groups excluding carboxylic acids is 3. The topological polar surface area (TPSA) is 88.9 Å². The van der Waals surface area contributed by atoms with Crippen LogP contribution in [0.25, 0.3) is 0 Å². The SMILES string of the molecule is CCOC(=O)c1c(NC(=O)C[NH+](CC)CC(=O)NC(C)C)sc2c1CC[C@H](C)C2. The van der Waals surface area contributed by atoms with Gasteiger partial charge in [0, 0.05) is 10.9 Å². The van der Waals surface area contributed by atoms with Gasteiger partial charge in [0.05, 0.1) is 18.7 Å². The van der Waals surface area contributed by atoms with Crippen LogP contribution in [0.1, 0.15) is 61.8 Å². The van der Waals surface area contributed by atoms with Gasteiger partial charge in [-0.3, -0.25) is 9.59 Å². The lowest BCUT2D eigenvalue weighted by molar-refractivity contribution is -0.881. The number of anilines is 1. The molecule has 162 valence electrons. The van der Waals surface area contributed by atoms with Gasteiger partial charge in [-0.2, -0.15) is 0 Å². The number of nitrogens with one attached hydrogen (secondary N) is 3. The number of hydrogen-bond donors (Lipinski definition) is 3. The third-order valence-electron chi connectivity index (χ3n) is 5.01. The molecule has 2 rings (SSSR count). The third kappa shape index (κ3) is 6.54. The molecule has 1 aromatic rings. The predicted molar refractivity (Wildman–Crippen MR) is 115 cm³/mol. The minimum absolute atomic E-state index is 0.0707. The summed E-state index contributed by atoms with van der Waals surface area (Å²) >= 11 is 1.48. The van der Waals surface area contributed by atoms with E-state index in [-0.39, 0.29) is 36.9 Å². The van der Waals surface area contributed by atoms with Gasteiger partial charge in [-0.05, 0) is 58.4 Å². The first-order valence-electron chi connectivity index (χ1n) is 10.5. The largest absolute Gasteiger partial charge is 0.462 e. The molecule has 2 atom stereocenters. The zero-order valence-corrected chi connectivity index (χ0v) is 19.0. The fourth-order valence-corrected chi connectivity index (χ4v) is 4.98. The molecule has 0 spiro atoms. The number of hydrogen-bond acceptors (Lipinski definition) is 5. The Balaban J connectivity index is 2.12. The van der Waals surface area contributed by atoms with Gasteiger partial charge in [0.2, 0.25) is 0 Å². The van der Waals surface area contributed by atoms with Crippen molar-refractivity contribution in [2.24, 2.45) is 5.92 Å². The molecule has 29 heavy (non-hydrogen) atoms. The Kier molecular flexibility index (Phi) is 8.64. The number of thiophene rings is 1. The number of ether oxygens (including phenoxy) is 1. The van der Waals surface area contributed by atoms with Crippen LogP contribution >= 0.6 is 11.3 Å². The maximum absolute atomic E-state index is 12.7. The maximum Gasteiger partial charge on any atom is 0.341 e. The van der Waals surface area contributed by atoms with Gasteiger partial charge in [0.1, 0.15) is 5.00 Å². The first-order valence-corrected chi connectivity index (χ1v) is 11.3. The highest BCUT2D eigenvalue weighted by Crippen LogP contribution is 2.40. The van der Waals surface area contributed by atoms with Gasteiger partial charge in [0.15, 0.2) is 13.1 Å². The predicted octanol–water partition coefficient (Wildman–Crippen LogP) is 1.42. The maximum atomic E-state index is 12.7. The van der Waals surface area contributed by atoms with Crippen molar-refractivity contribution in [1.29, 1.82) is 0 Å². The Morgan fingerprint density at radius 2 is 1.90 bits per heavy atom. The second-order valence-electron chi connectivity index (χ2n) is 8.00. The zero-order chi connectivity index (χ0) is 21.6. The summed E-state index contributed by atoms with van der Waals surface area (Å²) in [4.78, 5) is 39.3. The second-order valence-corrected chi connectivity index (χ2v) is 9.11. The highest BCUT2D eigenvalue weighted by Gasteiger charge is 2.29. The van der Waals surface area contributed by atoms with E-state index in [0.29, 0.717) is 29.6 Å². The molecule has 1 unspecified atom stereocenters. The molecule has 1 aromatic heterocycles. The van der Waals surface area contributed by atoms with Gasteiger partial charge in [0.25, 0.3) is 11.8 Å². The quantitative estimate of drug-likeness (QED) is 0.523. The molecule has 1 aliphatic carbocycles. The molecular weight excluding hydrogens is 390 g/mol. The fraction of sp³-hybridized carbons (Fsp3) is 0.667. The number of quaternary nitrogens is 1. The monoisotopic (exact) mass is 424 g/mol. The van der Waals surface area contributed by atoms with Crippen molar-refractivity contribution >= 4 is 34.1 Å². The van der Waals surface area contributed by atoms with Crippen molar-refractivity contribution in [3.8, 4) is 0 Å². The van der Waals surface area contributed by atoms with Crippen LogP contribution in [0.3, 0.4) is 0 Å². The standard InChI is InChI=1S/C21H33N3O4S/c1-6-24(11-17(25)22-13(3)4)12-18(26)23-20-19(21(27)28-7-2)15-9-8-14(5)10-16(15)29-20/h13-14H,6-12H2,1-5H3,(H,22,25)(H,23,26)/p+1/t14-/m0/s1. The highest BCUT2D eigenvalue weighted by atomic mass is 32.1. The van der Waals surface area contributed by atoms with Crippen molar-refractivity contribution in [1.82, 2.24) is 5.32 Å². The molecule has 7 nitrogen and oxygen atoms in total. The van der Waals surface area contributed by atoms with Crippen LogP contribution in [0.5, 0.6) is 0 Å². The molecule has 0 saturated carbocycles. The van der Waals surface area contributed by atoms with Crippen molar-refractivity contribution in [3.05, 3.63) is 16.0 Å². The van der Waals surface area contributed by atoms with Crippen molar-refractivity contribution in [2.75, 3.05) is 31.6 Å². The number of esters is 1. The lowest BCUT2D eigenvalue weighted by Gasteiger charge is -2.18. The molecule has 3 N–H and O–H groups in total. The van der Waals surface area contributed by atoms with Crippen LogP contribution in [0.2, 0.25) is 0 Å². The van der Waals surface area contributed by atoms with E-state index in [1.54, 1.807) is 6.92 Å². The summed E-state index contributed by atoms with van der Waals surface area (Å²) in [7, 11) is 0. The summed E-state index contributed by atoms with van der Waals surface area (Å²) in [5.41, 5.74) is 1.54. The van der Waals surface area contributed by atoms with Crippen LogP contribution in [0.15, 0.2) is 0 Å². The van der Waals surface area contributed by atoms with Crippen LogP contribution in [0, 0.1) is 5.92 Å². The zero-order valence-electron chi connectivity index (χ0n) is 18.1. The van der Waals surface area contributed by atoms with Crippen LogP contribution in [-0.2, 0) is 27.2 Å². The number of carbonyl (C=O) groups is 3. The van der Waals surface area contributed by atoms with Gasteiger partial charge in [-0.15, -0.1) is 11.3 Å². The van der Waals surface area contributed by atoms with Gasteiger partial charge in [-0.25, -0.2) is 4.79 Å². The number of likely N-dealkylation sites (N-methyl/N-ethyl adjacent to an activating group) is 1. The highest BCUT2D eigenvalue weighted by molar-refractivity contribution is 7.17. The van der Waals surface area contributed by atoms with E-state index in [4.69, 9.17) is 4.74 Å². The van der Waals surface area contributed by atoms with E-state index in [9.17, 15) is 14.4 Å². The average molecular weight is 425 g/mol. The number of rotatable bonds is 9. The first kappa shape index (κ1) is 23.3. The van der Waals surface area contributed by atoms with E-state index in [2.05, 4.69) is 17.6 Å². The van der Waals surface area contributed by atoms with E-state index in [1.807, 2.05) is 20.8 Å². The Morgan fingerprint density at radius 1 is 1.21 bits per heavy atom.